The number of nitrogen functional groups attached to an aromatic ring is 1. The maximum atomic E-state index is 11.6. The Bertz CT molecular complexity index is 445. The molecule has 16 heavy (non-hydrogen) atoms. The molecule has 0 saturated carbocycles. The van der Waals surface area contributed by atoms with Gasteiger partial charge in [-0.15, -0.1) is 0 Å². The third kappa shape index (κ3) is 1.71. The molecule has 1 aromatic rings. The topological polar surface area (TPSA) is 66.6 Å². The van der Waals surface area contributed by atoms with Crippen molar-refractivity contribution in [2.24, 2.45) is 0 Å². The fourth-order valence-electron chi connectivity index (χ4n) is 1.67. The van der Waals surface area contributed by atoms with Gasteiger partial charge in [-0.2, -0.15) is 0 Å². The highest BCUT2D eigenvalue weighted by Gasteiger charge is 2.33. The SMILES string of the molecule is CN1CC(=O)N(Cc2ccccc2N)C1=O. The van der Waals surface area contributed by atoms with Crippen LogP contribution in [-0.2, 0) is 11.3 Å². The number of benzene rings is 1. The zero-order valence-electron chi connectivity index (χ0n) is 9.01. The summed E-state index contributed by atoms with van der Waals surface area (Å²) in [7, 11) is 1.61. The van der Waals surface area contributed by atoms with E-state index in [1.165, 1.54) is 9.80 Å². The van der Waals surface area contributed by atoms with E-state index in [2.05, 4.69) is 0 Å². The molecule has 0 bridgehead atoms. The quantitative estimate of drug-likeness (QED) is 0.587. The molecule has 1 heterocycles. The van der Waals surface area contributed by atoms with Crippen LogP contribution in [0.25, 0.3) is 0 Å². The second-order valence-electron chi connectivity index (χ2n) is 3.82. The van der Waals surface area contributed by atoms with Crippen molar-refractivity contribution < 1.29 is 9.59 Å². The maximum Gasteiger partial charge on any atom is 0.327 e. The molecule has 3 amide bonds. The standard InChI is InChI=1S/C11H13N3O2/c1-13-7-10(15)14(11(13)16)6-8-4-2-3-5-9(8)12/h2-5H,6-7,12H2,1H3. The van der Waals surface area contributed by atoms with Crippen molar-refractivity contribution in [3.05, 3.63) is 29.8 Å². The lowest BCUT2D eigenvalue weighted by Crippen LogP contribution is -2.31. The van der Waals surface area contributed by atoms with Crippen LogP contribution in [0.4, 0.5) is 10.5 Å². The van der Waals surface area contributed by atoms with E-state index in [4.69, 9.17) is 5.73 Å². The molecular formula is C11H13N3O2. The lowest BCUT2D eigenvalue weighted by atomic mass is 10.2. The average Bonchev–Trinajstić information content (AvgIpc) is 2.48. The van der Waals surface area contributed by atoms with Crippen molar-refractivity contribution in [2.75, 3.05) is 19.3 Å². The number of rotatable bonds is 2. The zero-order valence-corrected chi connectivity index (χ0v) is 9.01. The Morgan fingerprint density at radius 2 is 2.00 bits per heavy atom. The van der Waals surface area contributed by atoms with Gasteiger partial charge in [0.2, 0.25) is 0 Å². The van der Waals surface area contributed by atoms with E-state index in [1.807, 2.05) is 18.2 Å². The van der Waals surface area contributed by atoms with Gasteiger partial charge >= 0.3 is 6.03 Å². The zero-order chi connectivity index (χ0) is 11.7. The molecule has 1 saturated heterocycles. The molecule has 0 radical (unpaired) electrons. The molecule has 1 fully saturated rings. The minimum Gasteiger partial charge on any atom is -0.398 e. The third-order valence-corrected chi connectivity index (χ3v) is 2.61. The molecule has 1 aromatic carbocycles. The van der Waals surface area contributed by atoms with Gasteiger partial charge in [0.1, 0.15) is 6.54 Å². The molecule has 0 spiro atoms. The minimum absolute atomic E-state index is 0.144. The number of likely N-dealkylation sites (N-methyl/N-ethyl adjacent to an activating group) is 1. The van der Waals surface area contributed by atoms with Crippen molar-refractivity contribution in [3.63, 3.8) is 0 Å². The summed E-state index contributed by atoms with van der Waals surface area (Å²) < 4.78 is 0. The van der Waals surface area contributed by atoms with Gasteiger partial charge in [0.15, 0.2) is 0 Å². The van der Waals surface area contributed by atoms with E-state index >= 15 is 0 Å². The monoisotopic (exact) mass is 219 g/mol. The van der Waals surface area contributed by atoms with Gasteiger partial charge in [0, 0.05) is 12.7 Å². The minimum atomic E-state index is -0.270. The Balaban J connectivity index is 2.20. The van der Waals surface area contributed by atoms with Gasteiger partial charge in [0.25, 0.3) is 5.91 Å². The van der Waals surface area contributed by atoms with Crippen LogP contribution in [0.15, 0.2) is 24.3 Å². The van der Waals surface area contributed by atoms with E-state index in [9.17, 15) is 9.59 Å². The van der Waals surface area contributed by atoms with E-state index < -0.39 is 0 Å². The van der Waals surface area contributed by atoms with Crippen LogP contribution in [0, 0.1) is 0 Å². The molecule has 5 nitrogen and oxygen atoms in total. The molecule has 84 valence electrons. The van der Waals surface area contributed by atoms with E-state index in [1.54, 1.807) is 13.1 Å². The number of nitrogens with two attached hydrogens (primary N) is 1. The van der Waals surface area contributed by atoms with E-state index in [0.717, 1.165) is 5.56 Å². The number of carbonyl (C=O) groups is 2. The van der Waals surface area contributed by atoms with E-state index in [0.29, 0.717) is 5.69 Å². The Hall–Kier alpha value is -2.04. The molecule has 0 aromatic heterocycles. The largest absolute Gasteiger partial charge is 0.398 e. The molecule has 0 unspecified atom stereocenters. The van der Waals surface area contributed by atoms with Crippen molar-refractivity contribution in [3.8, 4) is 0 Å². The first kappa shape index (κ1) is 10.5. The first-order valence-electron chi connectivity index (χ1n) is 4.98. The van der Waals surface area contributed by atoms with E-state index in [-0.39, 0.29) is 25.0 Å². The summed E-state index contributed by atoms with van der Waals surface area (Å²) in [6.45, 7) is 0.389. The van der Waals surface area contributed by atoms with Crippen LogP contribution in [0.1, 0.15) is 5.56 Å². The van der Waals surface area contributed by atoms with Crippen molar-refractivity contribution in [1.82, 2.24) is 9.80 Å². The highest BCUT2D eigenvalue weighted by atomic mass is 16.2. The Labute approximate surface area is 93.4 Å². The Kier molecular flexibility index (Phi) is 2.52. The van der Waals surface area contributed by atoms with Gasteiger partial charge in [-0.05, 0) is 11.6 Å². The second kappa shape index (κ2) is 3.84. The lowest BCUT2D eigenvalue weighted by molar-refractivity contribution is -0.125. The van der Waals surface area contributed by atoms with Crippen LogP contribution >= 0.6 is 0 Å². The summed E-state index contributed by atoms with van der Waals surface area (Å²) >= 11 is 0. The normalized spacial score (nSPS) is 16.1. The Morgan fingerprint density at radius 1 is 1.31 bits per heavy atom. The molecule has 0 atom stereocenters. The summed E-state index contributed by atoms with van der Waals surface area (Å²) in [6, 6.07) is 6.95. The van der Waals surface area contributed by atoms with Crippen LogP contribution in [0.2, 0.25) is 0 Å². The van der Waals surface area contributed by atoms with Gasteiger partial charge in [-0.25, -0.2) is 4.79 Å². The molecule has 5 heteroatoms. The summed E-state index contributed by atoms with van der Waals surface area (Å²) in [4.78, 5) is 25.8. The lowest BCUT2D eigenvalue weighted by Gasteiger charge is -2.15. The van der Waals surface area contributed by atoms with Crippen molar-refractivity contribution >= 4 is 17.6 Å². The smallest absolute Gasteiger partial charge is 0.327 e. The Morgan fingerprint density at radius 3 is 2.56 bits per heavy atom. The number of para-hydroxylation sites is 1. The predicted molar refractivity (Wildman–Crippen MR) is 59.4 cm³/mol. The van der Waals surface area contributed by atoms with Crippen molar-refractivity contribution in [2.45, 2.75) is 6.54 Å². The summed E-state index contributed by atoms with van der Waals surface area (Å²) in [6.07, 6.45) is 0. The van der Waals surface area contributed by atoms with Crippen LogP contribution in [0.3, 0.4) is 0 Å². The molecule has 0 aliphatic carbocycles. The molecule has 2 rings (SSSR count). The van der Waals surface area contributed by atoms with Crippen molar-refractivity contribution in [1.29, 1.82) is 0 Å². The molecular weight excluding hydrogens is 206 g/mol. The number of carbonyl (C=O) groups excluding carboxylic acids is 2. The maximum absolute atomic E-state index is 11.6. The fourth-order valence-corrected chi connectivity index (χ4v) is 1.67. The van der Waals surface area contributed by atoms with Gasteiger partial charge < -0.3 is 10.6 Å². The number of nitrogens with zero attached hydrogens (tertiary/aromatic N) is 2. The summed E-state index contributed by atoms with van der Waals surface area (Å²) in [5.41, 5.74) is 7.15. The van der Waals surface area contributed by atoms with Crippen LogP contribution < -0.4 is 5.73 Å². The number of hydrogen-bond donors (Lipinski definition) is 1. The van der Waals surface area contributed by atoms with Gasteiger partial charge in [-0.1, -0.05) is 18.2 Å². The number of anilines is 1. The number of urea groups is 1. The highest BCUT2D eigenvalue weighted by Crippen LogP contribution is 2.17. The van der Waals surface area contributed by atoms with Gasteiger partial charge in [0.05, 0.1) is 6.54 Å². The number of hydrogen-bond acceptors (Lipinski definition) is 3. The predicted octanol–water partition coefficient (Wildman–Crippen LogP) is 0.663. The number of amides is 3. The highest BCUT2D eigenvalue weighted by molar-refractivity contribution is 6.01. The molecule has 1 aliphatic heterocycles. The average molecular weight is 219 g/mol. The fraction of sp³-hybridized carbons (Fsp3) is 0.273. The molecule has 2 N–H and O–H groups in total. The third-order valence-electron chi connectivity index (χ3n) is 2.61. The van der Waals surface area contributed by atoms with Gasteiger partial charge in [-0.3, -0.25) is 9.69 Å². The number of imide groups is 1. The molecule has 1 aliphatic rings. The second-order valence-corrected chi connectivity index (χ2v) is 3.82. The summed E-state index contributed by atoms with van der Waals surface area (Å²) in [5, 5.41) is 0. The summed E-state index contributed by atoms with van der Waals surface area (Å²) in [5.74, 6) is -0.184. The van der Waals surface area contributed by atoms with Crippen LogP contribution in [-0.4, -0.2) is 35.3 Å². The first-order chi connectivity index (χ1) is 7.59. The van der Waals surface area contributed by atoms with Crippen LogP contribution in [0.5, 0.6) is 0 Å². The first-order valence-corrected chi connectivity index (χ1v) is 4.98.